The Morgan fingerprint density at radius 2 is 2.21 bits per heavy atom. The van der Waals surface area contributed by atoms with Crippen LogP contribution in [0.15, 0.2) is 29.3 Å². The summed E-state index contributed by atoms with van der Waals surface area (Å²) in [5.41, 5.74) is 1.60. The first-order valence-corrected chi connectivity index (χ1v) is 4.75. The van der Waals surface area contributed by atoms with E-state index in [-0.39, 0.29) is 0 Å². The molecule has 2 rings (SSSR count). The number of carbonyl (C=O) groups excluding carboxylic acids is 1. The van der Waals surface area contributed by atoms with E-state index in [2.05, 4.69) is 10.3 Å². The van der Waals surface area contributed by atoms with E-state index < -0.39 is 0 Å². The van der Waals surface area contributed by atoms with Gasteiger partial charge in [0.1, 0.15) is 5.84 Å². The van der Waals surface area contributed by atoms with E-state index in [1.807, 2.05) is 18.2 Å². The van der Waals surface area contributed by atoms with E-state index in [1.165, 1.54) is 0 Å². The number of aliphatic imine (C=N–C) groups is 1. The van der Waals surface area contributed by atoms with Crippen molar-refractivity contribution in [3.05, 3.63) is 35.4 Å². The van der Waals surface area contributed by atoms with Crippen molar-refractivity contribution in [2.75, 3.05) is 13.1 Å². The van der Waals surface area contributed by atoms with Crippen LogP contribution in [0.25, 0.3) is 0 Å². The normalized spacial score (nSPS) is 15.6. The third kappa shape index (κ3) is 1.66. The van der Waals surface area contributed by atoms with Gasteiger partial charge in [0.25, 0.3) is 0 Å². The molecular formula is C11H12N2O. The zero-order chi connectivity index (χ0) is 9.80. The van der Waals surface area contributed by atoms with Crippen LogP contribution in [0.4, 0.5) is 0 Å². The van der Waals surface area contributed by atoms with Crippen LogP contribution in [0.3, 0.4) is 0 Å². The summed E-state index contributed by atoms with van der Waals surface area (Å²) < 4.78 is 0. The molecule has 1 aliphatic heterocycles. The highest BCUT2D eigenvalue weighted by Gasteiger charge is 2.09. The minimum Gasteiger partial charge on any atom is -0.370 e. The summed E-state index contributed by atoms with van der Waals surface area (Å²) >= 11 is 0. The molecular weight excluding hydrogens is 176 g/mol. The van der Waals surface area contributed by atoms with E-state index >= 15 is 0 Å². The number of carbonyl (C=O) groups is 1. The summed E-state index contributed by atoms with van der Waals surface area (Å²) in [6.07, 6.45) is 1.93. The van der Waals surface area contributed by atoms with Gasteiger partial charge in [0.2, 0.25) is 0 Å². The molecule has 0 saturated carbocycles. The van der Waals surface area contributed by atoms with E-state index in [9.17, 15) is 4.79 Å². The Hall–Kier alpha value is -1.64. The minimum atomic E-state index is 0.695. The fraction of sp³-hybridized carbons (Fsp3) is 0.273. The molecule has 72 valence electrons. The summed E-state index contributed by atoms with van der Waals surface area (Å²) in [4.78, 5) is 15.1. The van der Waals surface area contributed by atoms with Gasteiger partial charge in [0.05, 0.1) is 0 Å². The zero-order valence-corrected chi connectivity index (χ0v) is 7.86. The van der Waals surface area contributed by atoms with Crippen LogP contribution < -0.4 is 5.32 Å². The number of nitrogens with one attached hydrogen (secondary N) is 1. The predicted molar refractivity (Wildman–Crippen MR) is 55.9 cm³/mol. The van der Waals surface area contributed by atoms with E-state index in [1.54, 1.807) is 6.07 Å². The van der Waals surface area contributed by atoms with Gasteiger partial charge in [0.15, 0.2) is 6.29 Å². The van der Waals surface area contributed by atoms with Crippen LogP contribution in [0.5, 0.6) is 0 Å². The molecule has 3 nitrogen and oxygen atoms in total. The molecule has 0 fully saturated rings. The lowest BCUT2D eigenvalue weighted by Crippen LogP contribution is -2.30. The third-order valence-corrected chi connectivity index (χ3v) is 2.24. The number of aldehydes is 1. The average molecular weight is 188 g/mol. The van der Waals surface area contributed by atoms with Crippen molar-refractivity contribution in [1.29, 1.82) is 0 Å². The summed E-state index contributed by atoms with van der Waals surface area (Å²) in [6, 6.07) is 7.50. The maximum Gasteiger partial charge on any atom is 0.150 e. The van der Waals surface area contributed by atoms with Gasteiger partial charge < -0.3 is 5.32 Å². The molecule has 0 aliphatic carbocycles. The molecule has 1 heterocycles. The predicted octanol–water partition coefficient (Wildman–Crippen LogP) is 1.24. The van der Waals surface area contributed by atoms with Crippen molar-refractivity contribution < 1.29 is 4.79 Å². The van der Waals surface area contributed by atoms with Gasteiger partial charge in [0, 0.05) is 24.2 Å². The number of hydrogen-bond acceptors (Lipinski definition) is 3. The van der Waals surface area contributed by atoms with Crippen molar-refractivity contribution in [3.63, 3.8) is 0 Å². The van der Waals surface area contributed by atoms with Crippen LogP contribution >= 0.6 is 0 Å². The zero-order valence-electron chi connectivity index (χ0n) is 7.86. The Morgan fingerprint density at radius 1 is 1.36 bits per heavy atom. The molecule has 0 radical (unpaired) electrons. The number of hydrogen-bond donors (Lipinski definition) is 1. The molecule has 0 amide bonds. The Bertz CT molecular complexity index is 371. The first-order chi connectivity index (χ1) is 6.92. The molecule has 0 saturated heterocycles. The van der Waals surface area contributed by atoms with Crippen molar-refractivity contribution in [1.82, 2.24) is 5.32 Å². The second kappa shape index (κ2) is 4.05. The molecule has 0 bridgehead atoms. The van der Waals surface area contributed by atoms with Crippen LogP contribution in [0, 0.1) is 0 Å². The topological polar surface area (TPSA) is 41.5 Å². The lowest BCUT2D eigenvalue weighted by molar-refractivity contribution is 0.112. The van der Waals surface area contributed by atoms with Crippen molar-refractivity contribution in [2.45, 2.75) is 6.42 Å². The van der Waals surface area contributed by atoms with Crippen LogP contribution in [0.2, 0.25) is 0 Å². The van der Waals surface area contributed by atoms with E-state index in [0.717, 1.165) is 37.2 Å². The van der Waals surface area contributed by atoms with Crippen LogP contribution in [-0.2, 0) is 0 Å². The first kappa shape index (κ1) is 8.94. The summed E-state index contributed by atoms with van der Waals surface area (Å²) in [6.45, 7) is 1.78. The van der Waals surface area contributed by atoms with Crippen LogP contribution in [0.1, 0.15) is 22.3 Å². The van der Waals surface area contributed by atoms with Crippen molar-refractivity contribution in [3.8, 4) is 0 Å². The Kier molecular flexibility index (Phi) is 2.58. The Balaban J connectivity index is 2.39. The standard InChI is InChI=1S/C11H12N2O/c14-8-9-4-1-2-5-10(9)11-12-6-3-7-13-11/h1-2,4-5,8H,3,6-7H2,(H,12,13). The summed E-state index contributed by atoms with van der Waals surface area (Å²) in [7, 11) is 0. The Morgan fingerprint density at radius 3 is 2.93 bits per heavy atom. The van der Waals surface area contributed by atoms with E-state index in [0.29, 0.717) is 5.56 Å². The molecule has 1 N–H and O–H groups in total. The molecule has 1 aromatic carbocycles. The molecule has 0 aromatic heterocycles. The highest BCUT2D eigenvalue weighted by molar-refractivity contribution is 6.04. The number of amidine groups is 1. The lowest BCUT2D eigenvalue weighted by Gasteiger charge is -2.15. The monoisotopic (exact) mass is 188 g/mol. The lowest BCUT2D eigenvalue weighted by atomic mass is 10.1. The van der Waals surface area contributed by atoms with Gasteiger partial charge in [-0.3, -0.25) is 9.79 Å². The van der Waals surface area contributed by atoms with Gasteiger partial charge in [-0.15, -0.1) is 0 Å². The van der Waals surface area contributed by atoms with Crippen LogP contribution in [-0.4, -0.2) is 25.2 Å². The molecule has 0 spiro atoms. The van der Waals surface area contributed by atoms with Gasteiger partial charge in [-0.1, -0.05) is 24.3 Å². The summed E-state index contributed by atoms with van der Waals surface area (Å²) in [5.74, 6) is 0.846. The highest BCUT2D eigenvalue weighted by Crippen LogP contribution is 2.08. The average Bonchev–Trinajstić information content (AvgIpc) is 2.30. The molecule has 14 heavy (non-hydrogen) atoms. The van der Waals surface area contributed by atoms with Gasteiger partial charge in [-0.25, -0.2) is 0 Å². The second-order valence-corrected chi connectivity index (χ2v) is 3.22. The van der Waals surface area contributed by atoms with Gasteiger partial charge in [-0.2, -0.15) is 0 Å². The largest absolute Gasteiger partial charge is 0.370 e. The second-order valence-electron chi connectivity index (χ2n) is 3.22. The van der Waals surface area contributed by atoms with Gasteiger partial charge in [-0.05, 0) is 6.42 Å². The maximum atomic E-state index is 10.8. The number of benzene rings is 1. The fourth-order valence-electron chi connectivity index (χ4n) is 1.53. The van der Waals surface area contributed by atoms with Gasteiger partial charge >= 0.3 is 0 Å². The third-order valence-electron chi connectivity index (χ3n) is 2.24. The summed E-state index contributed by atoms with van der Waals surface area (Å²) in [5, 5.41) is 3.20. The SMILES string of the molecule is O=Cc1ccccc1C1=NCCCN1. The quantitative estimate of drug-likeness (QED) is 0.709. The highest BCUT2D eigenvalue weighted by atomic mass is 16.1. The van der Waals surface area contributed by atoms with Crippen molar-refractivity contribution in [2.24, 2.45) is 4.99 Å². The Labute approximate surface area is 82.9 Å². The first-order valence-electron chi connectivity index (χ1n) is 4.75. The number of rotatable bonds is 2. The molecule has 0 atom stereocenters. The smallest absolute Gasteiger partial charge is 0.150 e. The number of nitrogens with zero attached hydrogens (tertiary/aromatic N) is 1. The maximum absolute atomic E-state index is 10.8. The molecule has 1 aliphatic rings. The molecule has 3 heteroatoms. The minimum absolute atomic E-state index is 0.695. The molecule has 1 aromatic rings. The van der Waals surface area contributed by atoms with E-state index in [4.69, 9.17) is 0 Å². The fourth-order valence-corrected chi connectivity index (χ4v) is 1.53. The van der Waals surface area contributed by atoms with Crippen molar-refractivity contribution >= 4 is 12.1 Å². The molecule has 0 unspecified atom stereocenters.